The van der Waals surface area contributed by atoms with E-state index in [0.29, 0.717) is 18.8 Å². The van der Waals surface area contributed by atoms with Gasteiger partial charge in [0.1, 0.15) is 5.37 Å². The lowest BCUT2D eigenvalue weighted by atomic mass is 10.1. The number of nitrogens with two attached hydrogens (primary N) is 1. The van der Waals surface area contributed by atoms with Crippen LogP contribution in [0.25, 0.3) is 0 Å². The van der Waals surface area contributed by atoms with E-state index < -0.39 is 9.84 Å². The van der Waals surface area contributed by atoms with Gasteiger partial charge in [-0.15, -0.1) is 0 Å². The van der Waals surface area contributed by atoms with Crippen molar-refractivity contribution in [3.05, 3.63) is 35.4 Å². The van der Waals surface area contributed by atoms with Gasteiger partial charge in [-0.05, 0) is 11.1 Å². The first-order valence-electron chi connectivity index (χ1n) is 6.29. The van der Waals surface area contributed by atoms with Crippen molar-refractivity contribution in [2.24, 2.45) is 5.73 Å². The minimum absolute atomic E-state index is 0.361. The molecule has 1 aliphatic rings. The zero-order valence-corrected chi connectivity index (χ0v) is 12.7. The average Bonchev–Trinajstić information content (AvgIpc) is 2.39. The monoisotopic (exact) mass is 300 g/mol. The Hall–Kier alpha value is -0.560. The molecule has 1 aliphatic heterocycles. The van der Waals surface area contributed by atoms with E-state index in [2.05, 4.69) is 4.90 Å². The maximum Gasteiger partial charge on any atom is 0.164 e. The molecule has 1 aromatic rings. The average molecular weight is 300 g/mol. The van der Waals surface area contributed by atoms with Crippen molar-refractivity contribution in [3.8, 4) is 0 Å². The summed E-state index contributed by atoms with van der Waals surface area (Å²) >= 11 is 1.71. The lowest BCUT2D eigenvalue weighted by molar-refractivity contribution is 0.262. The third kappa shape index (κ3) is 3.95. The first-order chi connectivity index (χ1) is 9.00. The molecule has 0 amide bonds. The molecule has 2 N–H and O–H groups in total. The normalized spacial score (nSPS) is 21.5. The predicted molar refractivity (Wildman–Crippen MR) is 80.7 cm³/mol. The smallest absolute Gasteiger partial charge is 0.164 e. The molecule has 19 heavy (non-hydrogen) atoms. The molecule has 0 saturated carbocycles. The van der Waals surface area contributed by atoms with Gasteiger partial charge < -0.3 is 5.73 Å². The highest BCUT2D eigenvalue weighted by atomic mass is 32.2. The molecule has 4 nitrogen and oxygen atoms in total. The summed E-state index contributed by atoms with van der Waals surface area (Å²) < 4.78 is 23.6. The molecule has 6 heteroatoms. The van der Waals surface area contributed by atoms with Gasteiger partial charge in [-0.1, -0.05) is 24.3 Å². The van der Waals surface area contributed by atoms with E-state index >= 15 is 0 Å². The van der Waals surface area contributed by atoms with E-state index in [4.69, 9.17) is 5.73 Å². The van der Waals surface area contributed by atoms with Crippen molar-refractivity contribution in [3.63, 3.8) is 0 Å². The van der Waals surface area contributed by atoms with E-state index in [9.17, 15) is 8.42 Å². The fourth-order valence-electron chi connectivity index (χ4n) is 2.21. The predicted octanol–water partition coefficient (Wildman–Crippen LogP) is 1.06. The zero-order chi connectivity index (χ0) is 13.9. The molecular formula is C13H20N2O2S2. The van der Waals surface area contributed by atoms with Crippen LogP contribution >= 0.6 is 11.8 Å². The van der Waals surface area contributed by atoms with Crippen molar-refractivity contribution in [2.75, 3.05) is 24.3 Å². The van der Waals surface area contributed by atoms with Gasteiger partial charge in [0.15, 0.2) is 9.84 Å². The zero-order valence-electron chi connectivity index (χ0n) is 11.1. The summed E-state index contributed by atoms with van der Waals surface area (Å²) in [5, 5.41) is -0.361. The second-order valence-electron chi connectivity index (χ2n) is 4.85. The number of sulfone groups is 1. The Balaban J connectivity index is 2.10. The van der Waals surface area contributed by atoms with Crippen LogP contribution in [0.3, 0.4) is 0 Å². The summed E-state index contributed by atoms with van der Waals surface area (Å²) in [7, 11) is -3.02. The Morgan fingerprint density at radius 3 is 2.53 bits per heavy atom. The van der Waals surface area contributed by atoms with Crippen LogP contribution in [0.5, 0.6) is 0 Å². The Morgan fingerprint density at radius 1 is 1.32 bits per heavy atom. The van der Waals surface area contributed by atoms with Gasteiger partial charge in [-0.25, -0.2) is 8.42 Å². The summed E-state index contributed by atoms with van der Waals surface area (Å²) in [6.45, 7) is 2.04. The van der Waals surface area contributed by atoms with E-state index in [0.717, 1.165) is 23.4 Å². The number of nitrogens with zero attached hydrogens (tertiary/aromatic N) is 1. The van der Waals surface area contributed by atoms with Crippen LogP contribution in [-0.2, 0) is 22.9 Å². The highest BCUT2D eigenvalue weighted by Crippen LogP contribution is 2.22. The van der Waals surface area contributed by atoms with Crippen LogP contribution < -0.4 is 5.73 Å². The summed E-state index contributed by atoms with van der Waals surface area (Å²) in [5.41, 5.74) is 7.80. The maximum absolute atomic E-state index is 11.8. The lowest BCUT2D eigenvalue weighted by Crippen LogP contribution is -2.46. The molecule has 1 atom stereocenters. The van der Waals surface area contributed by atoms with Gasteiger partial charge in [0.2, 0.25) is 0 Å². The van der Waals surface area contributed by atoms with Gasteiger partial charge in [0.25, 0.3) is 0 Å². The fourth-order valence-corrected chi connectivity index (χ4v) is 5.15. The maximum atomic E-state index is 11.8. The summed E-state index contributed by atoms with van der Waals surface area (Å²) in [6.07, 6.45) is 1.33. The summed E-state index contributed by atoms with van der Waals surface area (Å²) in [6, 6.07) is 8.07. The Morgan fingerprint density at radius 2 is 1.95 bits per heavy atom. The van der Waals surface area contributed by atoms with Gasteiger partial charge in [0, 0.05) is 37.4 Å². The van der Waals surface area contributed by atoms with Crippen molar-refractivity contribution in [1.29, 1.82) is 0 Å². The van der Waals surface area contributed by atoms with Crippen LogP contribution in [0.4, 0.5) is 0 Å². The third-order valence-corrected chi connectivity index (χ3v) is 6.02. The lowest BCUT2D eigenvalue weighted by Gasteiger charge is -2.34. The SMILES string of the molecule is CS(=O)(=O)C1CSCCN1Cc1ccc(CN)cc1. The molecule has 1 fully saturated rings. The number of hydrogen-bond acceptors (Lipinski definition) is 5. The second kappa shape index (κ2) is 6.26. The van der Waals surface area contributed by atoms with Crippen LogP contribution in [0.1, 0.15) is 11.1 Å². The second-order valence-corrected chi connectivity index (χ2v) is 8.20. The highest BCUT2D eigenvalue weighted by molar-refractivity contribution is 8.00. The molecular weight excluding hydrogens is 280 g/mol. The van der Waals surface area contributed by atoms with E-state index in [-0.39, 0.29) is 5.37 Å². The molecule has 1 unspecified atom stereocenters. The Labute approximate surface area is 119 Å². The Bertz CT molecular complexity index is 514. The minimum Gasteiger partial charge on any atom is -0.326 e. The number of thioether (sulfide) groups is 1. The number of benzene rings is 1. The number of hydrogen-bond donors (Lipinski definition) is 1. The summed E-state index contributed by atoms with van der Waals surface area (Å²) in [5.74, 6) is 1.66. The van der Waals surface area contributed by atoms with Gasteiger partial charge in [-0.2, -0.15) is 11.8 Å². The molecule has 0 radical (unpaired) electrons. The summed E-state index contributed by atoms with van der Waals surface area (Å²) in [4.78, 5) is 2.06. The minimum atomic E-state index is -3.02. The van der Waals surface area contributed by atoms with Crippen molar-refractivity contribution >= 4 is 21.6 Å². The first kappa shape index (κ1) is 14.8. The first-order valence-corrected chi connectivity index (χ1v) is 9.40. The molecule has 1 aromatic carbocycles. The van der Waals surface area contributed by atoms with Gasteiger partial charge in [0.05, 0.1) is 0 Å². The number of rotatable bonds is 4. The molecule has 0 aromatic heterocycles. The van der Waals surface area contributed by atoms with Crippen LogP contribution in [0.15, 0.2) is 24.3 Å². The van der Waals surface area contributed by atoms with Crippen molar-refractivity contribution in [1.82, 2.24) is 4.90 Å². The molecule has 0 aliphatic carbocycles. The molecule has 1 heterocycles. The molecule has 1 saturated heterocycles. The van der Waals surface area contributed by atoms with Crippen LogP contribution in [0.2, 0.25) is 0 Å². The van der Waals surface area contributed by atoms with E-state index in [1.165, 1.54) is 6.26 Å². The fraction of sp³-hybridized carbons (Fsp3) is 0.538. The largest absolute Gasteiger partial charge is 0.326 e. The van der Waals surface area contributed by atoms with Crippen molar-refractivity contribution in [2.45, 2.75) is 18.5 Å². The van der Waals surface area contributed by atoms with Crippen LogP contribution in [-0.4, -0.2) is 43.0 Å². The topological polar surface area (TPSA) is 63.4 Å². The van der Waals surface area contributed by atoms with E-state index in [1.807, 2.05) is 24.3 Å². The van der Waals surface area contributed by atoms with Crippen LogP contribution in [0, 0.1) is 0 Å². The van der Waals surface area contributed by atoms with Gasteiger partial charge in [-0.3, -0.25) is 4.90 Å². The molecule has 2 rings (SSSR count). The van der Waals surface area contributed by atoms with E-state index in [1.54, 1.807) is 11.8 Å². The molecule has 106 valence electrons. The van der Waals surface area contributed by atoms with Gasteiger partial charge >= 0.3 is 0 Å². The Kier molecular flexibility index (Phi) is 4.89. The third-order valence-electron chi connectivity index (χ3n) is 3.33. The molecule has 0 spiro atoms. The molecule has 0 bridgehead atoms. The highest BCUT2D eigenvalue weighted by Gasteiger charge is 2.30. The quantitative estimate of drug-likeness (QED) is 0.901. The van der Waals surface area contributed by atoms with Crippen molar-refractivity contribution < 1.29 is 8.42 Å². The standard InChI is InChI=1S/C13H20N2O2S2/c1-19(16,17)13-10-18-7-6-15(13)9-12-4-2-11(8-14)3-5-12/h2-5,13H,6-10,14H2,1H3.